The Morgan fingerprint density at radius 1 is 1.24 bits per heavy atom. The molecule has 1 saturated heterocycles. The van der Waals surface area contributed by atoms with E-state index < -0.39 is 11.9 Å². The van der Waals surface area contributed by atoms with E-state index in [0.29, 0.717) is 13.1 Å². The highest BCUT2D eigenvalue weighted by Crippen LogP contribution is 1.97. The molecular weight excluding hydrogens is 232 g/mol. The van der Waals surface area contributed by atoms with Gasteiger partial charge < -0.3 is 25.8 Å². The zero-order chi connectivity index (χ0) is 13.3. The van der Waals surface area contributed by atoms with Crippen LogP contribution in [0.4, 0.5) is 0 Å². The van der Waals surface area contributed by atoms with Gasteiger partial charge in [0.05, 0.1) is 19.3 Å². The summed E-state index contributed by atoms with van der Waals surface area (Å²) in [5.74, 6) is -3.65. The van der Waals surface area contributed by atoms with Gasteiger partial charge in [-0.25, -0.2) is 9.59 Å². The van der Waals surface area contributed by atoms with E-state index in [1.165, 1.54) is 0 Å². The Labute approximate surface area is 98.6 Å². The summed E-state index contributed by atoms with van der Waals surface area (Å²) < 4.78 is 5.16. The van der Waals surface area contributed by atoms with Gasteiger partial charge in [0.1, 0.15) is 0 Å². The second kappa shape index (κ2) is 8.88. The van der Waals surface area contributed by atoms with Gasteiger partial charge >= 0.3 is 11.9 Å². The predicted octanol–water partition coefficient (Wildman–Crippen LogP) is -2.21. The van der Waals surface area contributed by atoms with E-state index in [0.717, 1.165) is 26.3 Å². The molecule has 8 nitrogen and oxygen atoms in total. The van der Waals surface area contributed by atoms with Crippen LogP contribution in [0.25, 0.3) is 0 Å². The van der Waals surface area contributed by atoms with Crippen LogP contribution < -0.4 is 5.73 Å². The molecule has 1 fully saturated rings. The summed E-state index contributed by atoms with van der Waals surface area (Å²) in [5.41, 5.74) is 5.28. The van der Waals surface area contributed by atoms with Gasteiger partial charge in [0.2, 0.25) is 0 Å². The number of carbonyl (C=O) groups is 2. The van der Waals surface area contributed by atoms with E-state index >= 15 is 0 Å². The second-order valence-electron chi connectivity index (χ2n) is 3.41. The summed E-state index contributed by atoms with van der Waals surface area (Å²) in [5, 5.41) is 24.0. The summed E-state index contributed by atoms with van der Waals surface area (Å²) in [4.78, 5) is 20.4. The molecular formula is C9H18N2O6. The number of hydrogen-bond donors (Lipinski definition) is 4. The van der Waals surface area contributed by atoms with Crippen LogP contribution >= 0.6 is 0 Å². The number of hydrogen-bond acceptors (Lipinski definition) is 6. The normalized spacial score (nSPS) is 17.8. The first kappa shape index (κ1) is 15.8. The molecule has 1 rings (SSSR count). The monoisotopic (exact) mass is 250 g/mol. The lowest BCUT2D eigenvalue weighted by Crippen LogP contribution is -2.42. The molecule has 1 heterocycles. The third-order valence-electron chi connectivity index (χ3n) is 2.03. The van der Waals surface area contributed by atoms with Gasteiger partial charge in [-0.2, -0.15) is 0 Å². The molecule has 0 spiro atoms. The molecule has 5 N–H and O–H groups in total. The van der Waals surface area contributed by atoms with Crippen LogP contribution in [0, 0.1) is 0 Å². The molecule has 1 aliphatic rings. The van der Waals surface area contributed by atoms with Crippen LogP contribution in [0.15, 0.2) is 0 Å². The first-order chi connectivity index (χ1) is 7.97. The van der Waals surface area contributed by atoms with Gasteiger partial charge in [-0.3, -0.25) is 4.90 Å². The van der Waals surface area contributed by atoms with Gasteiger partial charge in [0.25, 0.3) is 0 Å². The number of nitrogens with two attached hydrogens (primary N) is 1. The molecule has 0 saturated carbocycles. The molecule has 0 aromatic carbocycles. The Kier molecular flexibility index (Phi) is 8.24. The van der Waals surface area contributed by atoms with Crippen molar-refractivity contribution in [1.82, 2.24) is 4.90 Å². The minimum Gasteiger partial charge on any atom is -0.473 e. The van der Waals surface area contributed by atoms with Crippen LogP contribution in [0.3, 0.4) is 0 Å². The summed E-state index contributed by atoms with van der Waals surface area (Å²) >= 11 is 0. The molecule has 1 aliphatic heterocycles. The first-order valence-corrected chi connectivity index (χ1v) is 5.11. The Morgan fingerprint density at radius 3 is 2.06 bits per heavy atom. The SMILES string of the molecule is NCC(O)CN1CCOCC1.O=C(O)C(=O)O. The Balaban J connectivity index is 0.000000366. The maximum Gasteiger partial charge on any atom is 0.414 e. The molecule has 0 radical (unpaired) electrons. The highest BCUT2D eigenvalue weighted by Gasteiger charge is 2.13. The molecule has 17 heavy (non-hydrogen) atoms. The third kappa shape index (κ3) is 8.57. The number of morpholine rings is 1. The van der Waals surface area contributed by atoms with Crippen molar-refractivity contribution in [3.05, 3.63) is 0 Å². The Hall–Kier alpha value is -1.22. The smallest absolute Gasteiger partial charge is 0.414 e. The van der Waals surface area contributed by atoms with Crippen LogP contribution in [-0.2, 0) is 14.3 Å². The molecule has 1 atom stereocenters. The number of β-amino-alcohol motifs (C(OH)–C–C–N with tert-alkyl or cyclic N) is 1. The summed E-state index contributed by atoms with van der Waals surface area (Å²) in [7, 11) is 0. The van der Waals surface area contributed by atoms with E-state index in [1.807, 2.05) is 0 Å². The summed E-state index contributed by atoms with van der Waals surface area (Å²) in [6.07, 6.45) is -0.381. The van der Waals surface area contributed by atoms with E-state index in [1.54, 1.807) is 0 Å². The number of aliphatic carboxylic acids is 2. The Morgan fingerprint density at radius 2 is 1.71 bits per heavy atom. The Bertz CT molecular complexity index is 230. The highest BCUT2D eigenvalue weighted by atomic mass is 16.5. The van der Waals surface area contributed by atoms with E-state index in [9.17, 15) is 5.11 Å². The van der Waals surface area contributed by atoms with Gasteiger partial charge in [0, 0.05) is 26.2 Å². The second-order valence-corrected chi connectivity index (χ2v) is 3.41. The largest absolute Gasteiger partial charge is 0.473 e. The number of aliphatic hydroxyl groups is 1. The number of aliphatic hydroxyl groups excluding tert-OH is 1. The molecule has 0 aliphatic carbocycles. The standard InChI is InChI=1S/C7H16N2O2.C2H2O4/c8-5-7(10)6-9-1-3-11-4-2-9;3-1(4)2(5)6/h7,10H,1-6,8H2;(H,3,4)(H,5,6). The quantitative estimate of drug-likeness (QED) is 0.414. The predicted molar refractivity (Wildman–Crippen MR) is 57.6 cm³/mol. The number of ether oxygens (including phenoxy) is 1. The number of carboxylic acid groups (broad SMARTS) is 2. The van der Waals surface area contributed by atoms with Crippen molar-refractivity contribution in [3.8, 4) is 0 Å². The van der Waals surface area contributed by atoms with Gasteiger partial charge in [0.15, 0.2) is 0 Å². The number of rotatable bonds is 3. The fourth-order valence-corrected chi connectivity index (χ4v) is 1.16. The maximum absolute atomic E-state index is 9.20. The van der Waals surface area contributed by atoms with Crippen LogP contribution in [0.2, 0.25) is 0 Å². The third-order valence-corrected chi connectivity index (χ3v) is 2.03. The number of carboxylic acids is 2. The van der Waals surface area contributed by atoms with Crippen molar-refractivity contribution in [2.75, 3.05) is 39.4 Å². The number of nitrogens with zero attached hydrogens (tertiary/aromatic N) is 1. The van der Waals surface area contributed by atoms with Crippen molar-refractivity contribution < 1.29 is 29.6 Å². The summed E-state index contributed by atoms with van der Waals surface area (Å²) in [6.45, 7) is 4.40. The van der Waals surface area contributed by atoms with E-state index in [4.69, 9.17) is 30.3 Å². The molecule has 1 unspecified atom stereocenters. The van der Waals surface area contributed by atoms with Crippen molar-refractivity contribution in [3.63, 3.8) is 0 Å². The zero-order valence-corrected chi connectivity index (χ0v) is 9.41. The van der Waals surface area contributed by atoms with Crippen molar-refractivity contribution in [1.29, 1.82) is 0 Å². The molecule has 0 aromatic rings. The fourth-order valence-electron chi connectivity index (χ4n) is 1.16. The lowest BCUT2D eigenvalue weighted by Gasteiger charge is -2.27. The molecule has 0 aromatic heterocycles. The molecule has 0 bridgehead atoms. The highest BCUT2D eigenvalue weighted by molar-refractivity contribution is 6.27. The van der Waals surface area contributed by atoms with E-state index in [2.05, 4.69) is 4.90 Å². The molecule has 0 amide bonds. The van der Waals surface area contributed by atoms with Gasteiger partial charge in [-0.15, -0.1) is 0 Å². The maximum atomic E-state index is 9.20. The molecule has 100 valence electrons. The zero-order valence-electron chi connectivity index (χ0n) is 9.41. The lowest BCUT2D eigenvalue weighted by molar-refractivity contribution is -0.159. The van der Waals surface area contributed by atoms with E-state index in [-0.39, 0.29) is 6.10 Å². The van der Waals surface area contributed by atoms with Crippen LogP contribution in [0.1, 0.15) is 0 Å². The van der Waals surface area contributed by atoms with Gasteiger partial charge in [-0.05, 0) is 0 Å². The van der Waals surface area contributed by atoms with Crippen LogP contribution in [0.5, 0.6) is 0 Å². The fraction of sp³-hybridized carbons (Fsp3) is 0.778. The van der Waals surface area contributed by atoms with Crippen molar-refractivity contribution >= 4 is 11.9 Å². The average Bonchev–Trinajstić information content (AvgIpc) is 2.31. The van der Waals surface area contributed by atoms with Gasteiger partial charge in [-0.1, -0.05) is 0 Å². The first-order valence-electron chi connectivity index (χ1n) is 5.11. The lowest BCUT2D eigenvalue weighted by atomic mass is 10.3. The molecule has 8 heteroatoms. The summed E-state index contributed by atoms with van der Waals surface area (Å²) in [6, 6.07) is 0. The van der Waals surface area contributed by atoms with Crippen molar-refractivity contribution in [2.24, 2.45) is 5.73 Å². The topological polar surface area (TPSA) is 133 Å². The average molecular weight is 250 g/mol. The van der Waals surface area contributed by atoms with Crippen molar-refractivity contribution in [2.45, 2.75) is 6.10 Å². The minimum absolute atomic E-state index is 0.345. The minimum atomic E-state index is -1.82. The van der Waals surface area contributed by atoms with Crippen LogP contribution in [-0.4, -0.2) is 77.7 Å².